The fourth-order valence-electron chi connectivity index (χ4n) is 2.12. The molecule has 5 heteroatoms. The van der Waals surface area contributed by atoms with Gasteiger partial charge >= 0.3 is 0 Å². The molecule has 0 radical (unpaired) electrons. The first-order valence-corrected chi connectivity index (χ1v) is 6.73. The predicted molar refractivity (Wildman–Crippen MR) is 74.6 cm³/mol. The first-order chi connectivity index (χ1) is 9.00. The van der Waals surface area contributed by atoms with Gasteiger partial charge in [0, 0.05) is 23.7 Å². The lowest BCUT2D eigenvalue weighted by Gasteiger charge is -2.17. The molecule has 1 N–H and O–H groups in total. The van der Waals surface area contributed by atoms with E-state index >= 15 is 0 Å². The number of hydrogen-bond donors (Lipinski definition) is 1. The Morgan fingerprint density at radius 2 is 2.26 bits per heavy atom. The highest BCUT2D eigenvalue weighted by atomic mass is 35.5. The molecule has 1 unspecified atom stereocenters. The van der Waals surface area contributed by atoms with Crippen LogP contribution in [0.1, 0.15) is 19.4 Å². The van der Waals surface area contributed by atoms with Gasteiger partial charge in [-0.25, -0.2) is 0 Å². The van der Waals surface area contributed by atoms with Crippen LogP contribution in [-0.2, 0) is 16.0 Å². The Bertz CT molecular complexity index is 437. The number of nitrogens with one attached hydrogen (secondary N) is 1. The summed E-state index contributed by atoms with van der Waals surface area (Å²) in [7, 11) is 1.66. The molecule has 0 amide bonds. The van der Waals surface area contributed by atoms with Crippen LogP contribution in [0.2, 0.25) is 5.02 Å². The van der Waals surface area contributed by atoms with Gasteiger partial charge in [-0.2, -0.15) is 0 Å². The van der Waals surface area contributed by atoms with Crippen molar-refractivity contribution in [3.8, 4) is 5.75 Å². The zero-order chi connectivity index (χ0) is 13.9. The second kappa shape index (κ2) is 6.09. The Labute approximate surface area is 119 Å². The molecule has 19 heavy (non-hydrogen) atoms. The van der Waals surface area contributed by atoms with E-state index in [1.54, 1.807) is 7.11 Å². The van der Waals surface area contributed by atoms with Gasteiger partial charge in [0.1, 0.15) is 5.75 Å². The maximum absolute atomic E-state index is 5.99. The van der Waals surface area contributed by atoms with Gasteiger partial charge in [-0.3, -0.25) is 0 Å². The first-order valence-electron chi connectivity index (χ1n) is 6.35. The zero-order valence-electron chi connectivity index (χ0n) is 11.5. The molecule has 2 rings (SSSR count). The lowest BCUT2D eigenvalue weighted by atomic mass is 10.2. The normalized spacial score (nSPS) is 21.6. The summed E-state index contributed by atoms with van der Waals surface area (Å²) in [6.07, 6.45) is 0.0835. The smallest absolute Gasteiger partial charge is 0.163 e. The Kier molecular flexibility index (Phi) is 4.68. The van der Waals surface area contributed by atoms with Crippen molar-refractivity contribution in [2.24, 2.45) is 0 Å². The number of methoxy groups -OCH3 is 1. The highest BCUT2D eigenvalue weighted by Gasteiger charge is 2.32. The van der Waals surface area contributed by atoms with E-state index in [1.165, 1.54) is 0 Å². The molecule has 0 aromatic heterocycles. The second-order valence-electron chi connectivity index (χ2n) is 5.04. The Morgan fingerprint density at radius 1 is 1.47 bits per heavy atom. The number of halogens is 1. The minimum atomic E-state index is -0.472. The molecule has 0 bridgehead atoms. The topological polar surface area (TPSA) is 39.7 Å². The monoisotopic (exact) mass is 285 g/mol. The Hall–Kier alpha value is -0.810. The Morgan fingerprint density at radius 3 is 2.89 bits per heavy atom. The third kappa shape index (κ3) is 4.08. The molecule has 0 spiro atoms. The molecular weight excluding hydrogens is 266 g/mol. The summed E-state index contributed by atoms with van der Waals surface area (Å²) in [6, 6.07) is 5.60. The van der Waals surface area contributed by atoms with Crippen molar-refractivity contribution in [2.75, 3.05) is 20.3 Å². The van der Waals surface area contributed by atoms with Crippen molar-refractivity contribution in [2.45, 2.75) is 32.3 Å². The average molecular weight is 286 g/mol. The molecular formula is C14H20ClNO3. The molecule has 1 saturated heterocycles. The maximum atomic E-state index is 5.99. The number of rotatable bonds is 5. The molecule has 4 nitrogen and oxygen atoms in total. The van der Waals surface area contributed by atoms with E-state index in [1.807, 2.05) is 32.0 Å². The number of benzene rings is 1. The quantitative estimate of drug-likeness (QED) is 0.903. The molecule has 1 aromatic carbocycles. The third-order valence-corrected chi connectivity index (χ3v) is 3.23. The van der Waals surface area contributed by atoms with Gasteiger partial charge in [-0.1, -0.05) is 11.6 Å². The van der Waals surface area contributed by atoms with Crippen LogP contribution in [-0.4, -0.2) is 32.2 Å². The van der Waals surface area contributed by atoms with E-state index in [9.17, 15) is 0 Å². The molecule has 0 aliphatic carbocycles. The zero-order valence-corrected chi connectivity index (χ0v) is 12.3. The van der Waals surface area contributed by atoms with Crippen LogP contribution in [0.5, 0.6) is 5.75 Å². The number of ether oxygens (including phenoxy) is 3. The van der Waals surface area contributed by atoms with Gasteiger partial charge in [-0.05, 0) is 32.0 Å². The van der Waals surface area contributed by atoms with Crippen LogP contribution < -0.4 is 10.1 Å². The standard InChI is InChI=1S/C14H20ClNO3/c1-14(2)18-9-12(19-14)8-16-7-10-6-11(15)4-5-13(10)17-3/h4-6,12,16H,7-9H2,1-3H3. The summed E-state index contributed by atoms with van der Waals surface area (Å²) >= 11 is 5.99. The van der Waals surface area contributed by atoms with Crippen molar-refractivity contribution < 1.29 is 14.2 Å². The van der Waals surface area contributed by atoms with E-state index in [0.717, 1.165) is 17.9 Å². The summed E-state index contributed by atoms with van der Waals surface area (Å²) in [4.78, 5) is 0. The lowest BCUT2D eigenvalue weighted by molar-refractivity contribution is -0.137. The van der Waals surface area contributed by atoms with Crippen LogP contribution in [0, 0.1) is 0 Å². The Balaban J connectivity index is 1.84. The van der Waals surface area contributed by atoms with Crippen molar-refractivity contribution in [1.29, 1.82) is 0 Å². The van der Waals surface area contributed by atoms with Crippen molar-refractivity contribution in [3.63, 3.8) is 0 Å². The minimum absolute atomic E-state index is 0.0835. The average Bonchev–Trinajstić information content (AvgIpc) is 2.69. The largest absolute Gasteiger partial charge is 0.496 e. The SMILES string of the molecule is COc1ccc(Cl)cc1CNCC1COC(C)(C)O1. The third-order valence-electron chi connectivity index (χ3n) is 3.00. The van der Waals surface area contributed by atoms with Crippen molar-refractivity contribution in [3.05, 3.63) is 28.8 Å². The van der Waals surface area contributed by atoms with Gasteiger partial charge in [0.2, 0.25) is 0 Å². The van der Waals surface area contributed by atoms with Gasteiger partial charge in [-0.15, -0.1) is 0 Å². The highest BCUT2D eigenvalue weighted by Crippen LogP contribution is 2.23. The van der Waals surface area contributed by atoms with Crippen LogP contribution >= 0.6 is 11.6 Å². The van der Waals surface area contributed by atoms with Crippen molar-refractivity contribution in [1.82, 2.24) is 5.32 Å². The molecule has 0 saturated carbocycles. The molecule has 1 atom stereocenters. The first kappa shape index (κ1) is 14.6. The van der Waals surface area contributed by atoms with Crippen LogP contribution in [0.3, 0.4) is 0 Å². The summed E-state index contributed by atoms with van der Waals surface area (Å²) in [5.74, 6) is 0.362. The fourth-order valence-corrected chi connectivity index (χ4v) is 2.31. The molecule has 1 fully saturated rings. The second-order valence-corrected chi connectivity index (χ2v) is 5.47. The van der Waals surface area contributed by atoms with E-state index in [-0.39, 0.29) is 6.10 Å². The molecule has 106 valence electrons. The summed E-state index contributed by atoms with van der Waals surface area (Å²) < 4.78 is 16.5. The van der Waals surface area contributed by atoms with E-state index in [4.69, 9.17) is 25.8 Å². The van der Waals surface area contributed by atoms with Gasteiger partial charge in [0.05, 0.1) is 19.8 Å². The van der Waals surface area contributed by atoms with Gasteiger partial charge < -0.3 is 19.5 Å². The van der Waals surface area contributed by atoms with Gasteiger partial charge in [0.25, 0.3) is 0 Å². The fraction of sp³-hybridized carbons (Fsp3) is 0.571. The number of hydrogen-bond acceptors (Lipinski definition) is 4. The van der Waals surface area contributed by atoms with E-state index in [2.05, 4.69) is 5.32 Å². The highest BCUT2D eigenvalue weighted by molar-refractivity contribution is 6.30. The summed E-state index contributed by atoms with van der Waals surface area (Å²) in [6.45, 7) is 5.88. The van der Waals surface area contributed by atoms with Gasteiger partial charge in [0.15, 0.2) is 5.79 Å². The predicted octanol–water partition coefficient (Wildman–Crippen LogP) is 2.59. The summed E-state index contributed by atoms with van der Waals surface area (Å²) in [5, 5.41) is 4.05. The van der Waals surface area contributed by atoms with Crippen LogP contribution in [0.15, 0.2) is 18.2 Å². The van der Waals surface area contributed by atoms with Crippen LogP contribution in [0.4, 0.5) is 0 Å². The summed E-state index contributed by atoms with van der Waals surface area (Å²) in [5.41, 5.74) is 1.04. The van der Waals surface area contributed by atoms with Crippen LogP contribution in [0.25, 0.3) is 0 Å². The van der Waals surface area contributed by atoms with E-state index < -0.39 is 5.79 Å². The molecule has 1 aliphatic rings. The molecule has 1 heterocycles. The molecule has 1 aliphatic heterocycles. The van der Waals surface area contributed by atoms with E-state index in [0.29, 0.717) is 18.2 Å². The molecule has 1 aromatic rings. The maximum Gasteiger partial charge on any atom is 0.163 e. The van der Waals surface area contributed by atoms with Crippen molar-refractivity contribution >= 4 is 11.6 Å². The minimum Gasteiger partial charge on any atom is -0.496 e. The lowest BCUT2D eigenvalue weighted by Crippen LogP contribution is -2.30.